The summed E-state index contributed by atoms with van der Waals surface area (Å²) in [7, 11) is 0. The molecule has 0 bridgehead atoms. The zero-order chi connectivity index (χ0) is 41.9. The van der Waals surface area contributed by atoms with Gasteiger partial charge in [0.15, 0.2) is 5.82 Å². The Morgan fingerprint density at radius 2 is 0.891 bits per heavy atom. The summed E-state index contributed by atoms with van der Waals surface area (Å²) in [6, 6.07) is 82.3. The minimum absolute atomic E-state index is 0.569. The molecule has 1 unspecified atom stereocenters. The summed E-state index contributed by atoms with van der Waals surface area (Å²) in [5.41, 5.74) is 18.1. The van der Waals surface area contributed by atoms with Gasteiger partial charge in [-0.3, -0.25) is 0 Å². The van der Waals surface area contributed by atoms with Crippen LogP contribution < -0.4 is 0 Å². The summed E-state index contributed by atoms with van der Waals surface area (Å²) in [5, 5.41) is 7.54. The van der Waals surface area contributed by atoms with Crippen molar-refractivity contribution < 1.29 is 0 Å². The lowest BCUT2D eigenvalue weighted by atomic mass is 9.65. The average Bonchev–Trinajstić information content (AvgIpc) is 3.86. The summed E-state index contributed by atoms with van der Waals surface area (Å²) < 4.78 is 2.51. The van der Waals surface area contributed by atoms with Crippen LogP contribution >= 0.6 is 0 Å². The number of rotatable bonds is 4. The topological polar surface area (TPSA) is 30.7 Å². The Hall–Kier alpha value is -8.40. The Morgan fingerprint density at radius 3 is 1.69 bits per heavy atom. The molecule has 14 rings (SSSR count). The van der Waals surface area contributed by atoms with E-state index in [0.717, 1.165) is 28.1 Å². The first-order valence-electron chi connectivity index (χ1n) is 22.1. The molecular formula is C61H37N3. The van der Waals surface area contributed by atoms with Crippen molar-refractivity contribution in [2.75, 3.05) is 0 Å². The Kier molecular flexibility index (Phi) is 7.32. The molecule has 0 saturated heterocycles. The van der Waals surface area contributed by atoms with Crippen molar-refractivity contribution in [2.45, 2.75) is 5.41 Å². The minimum Gasteiger partial charge on any atom is -0.309 e. The van der Waals surface area contributed by atoms with E-state index < -0.39 is 5.41 Å². The third-order valence-electron chi connectivity index (χ3n) is 13.9. The van der Waals surface area contributed by atoms with Crippen molar-refractivity contribution in [3.8, 4) is 61.8 Å². The van der Waals surface area contributed by atoms with Crippen LogP contribution in [-0.2, 0) is 5.41 Å². The van der Waals surface area contributed by atoms with Gasteiger partial charge in [-0.25, -0.2) is 9.97 Å². The second-order valence-corrected chi connectivity index (χ2v) is 17.3. The van der Waals surface area contributed by atoms with Gasteiger partial charge in [-0.1, -0.05) is 176 Å². The molecule has 0 fully saturated rings. The highest BCUT2D eigenvalue weighted by molar-refractivity contribution is 6.13. The third kappa shape index (κ3) is 4.92. The summed E-state index contributed by atoms with van der Waals surface area (Å²) in [5.74, 6) is 0.710. The second kappa shape index (κ2) is 13.3. The van der Waals surface area contributed by atoms with Crippen LogP contribution in [0.5, 0.6) is 0 Å². The minimum atomic E-state index is -0.569. The van der Waals surface area contributed by atoms with Crippen molar-refractivity contribution in [1.82, 2.24) is 14.5 Å². The Labute approximate surface area is 370 Å². The lowest BCUT2D eigenvalue weighted by Gasteiger charge is -2.39. The van der Waals surface area contributed by atoms with Gasteiger partial charge in [0.2, 0.25) is 0 Å². The van der Waals surface area contributed by atoms with E-state index in [0.29, 0.717) is 5.82 Å². The molecule has 0 amide bonds. The summed E-state index contributed by atoms with van der Waals surface area (Å²) in [4.78, 5) is 10.4. The van der Waals surface area contributed by atoms with Gasteiger partial charge in [0.1, 0.15) is 0 Å². The SMILES string of the molecule is c1ccc(-c2cc(-c3ccc4c(c3)-c3cc(-c5ccc6cc7ccccc7cc6c5)ccc3C43c4ccccc4-n4c5ccccc5c5cccc3c54)nc(-c3ccccc3)n2)cc1. The van der Waals surface area contributed by atoms with Crippen molar-refractivity contribution >= 4 is 43.4 Å². The quantitative estimate of drug-likeness (QED) is 0.166. The zero-order valence-corrected chi connectivity index (χ0v) is 34.7. The molecule has 0 saturated carbocycles. The molecule has 1 spiro atoms. The fourth-order valence-corrected chi connectivity index (χ4v) is 11.1. The van der Waals surface area contributed by atoms with Gasteiger partial charge in [-0.2, -0.15) is 0 Å². The molecule has 2 aliphatic rings. The Bertz CT molecular complexity index is 3840. The number of para-hydroxylation sites is 3. The summed E-state index contributed by atoms with van der Waals surface area (Å²) >= 11 is 0. The molecule has 1 atom stereocenters. The first kappa shape index (κ1) is 35.2. The predicted octanol–water partition coefficient (Wildman–Crippen LogP) is 15.2. The van der Waals surface area contributed by atoms with Crippen LogP contribution in [-0.4, -0.2) is 14.5 Å². The van der Waals surface area contributed by atoms with Gasteiger partial charge in [-0.15, -0.1) is 0 Å². The molecule has 2 aromatic heterocycles. The number of benzene rings is 10. The van der Waals surface area contributed by atoms with E-state index in [1.54, 1.807) is 0 Å². The van der Waals surface area contributed by atoms with Crippen LogP contribution in [0.3, 0.4) is 0 Å². The first-order valence-corrected chi connectivity index (χ1v) is 22.1. The van der Waals surface area contributed by atoms with E-state index in [2.05, 4.69) is 223 Å². The molecule has 3 heteroatoms. The highest BCUT2D eigenvalue weighted by Gasteiger charge is 2.51. The largest absolute Gasteiger partial charge is 0.309 e. The van der Waals surface area contributed by atoms with Crippen molar-refractivity contribution in [3.63, 3.8) is 0 Å². The fourth-order valence-electron chi connectivity index (χ4n) is 11.1. The molecule has 296 valence electrons. The molecule has 12 aromatic rings. The number of fused-ring (bicyclic) bond motifs is 14. The fraction of sp³-hybridized carbons (Fsp3) is 0.0164. The molecule has 1 aliphatic carbocycles. The normalized spacial score (nSPS) is 14.6. The zero-order valence-electron chi connectivity index (χ0n) is 34.7. The maximum Gasteiger partial charge on any atom is 0.160 e. The van der Waals surface area contributed by atoms with E-state index in [1.165, 1.54) is 93.5 Å². The standard InChI is InChI=1S/C61H37N3/c1-3-14-38(15-4-1)55-37-56(63-60(62-55)39-16-5-2-6-17-39)45-29-31-52-50(36-45)49-35-44(42-26-27-43-32-40-18-7-8-19-41(40)33-46(43)34-42)28-30-51(49)61(52)53-22-10-12-25-58(53)64-57-24-11-9-20-47(57)48-21-13-23-54(61)59(48)64/h1-37H. The summed E-state index contributed by atoms with van der Waals surface area (Å²) in [6.45, 7) is 0. The van der Waals surface area contributed by atoms with Crippen LogP contribution in [0.15, 0.2) is 224 Å². The first-order chi connectivity index (χ1) is 31.7. The van der Waals surface area contributed by atoms with Gasteiger partial charge in [0.25, 0.3) is 0 Å². The number of hydrogen-bond donors (Lipinski definition) is 0. The number of aromatic nitrogens is 3. The third-order valence-corrected chi connectivity index (χ3v) is 13.9. The predicted molar refractivity (Wildman–Crippen MR) is 264 cm³/mol. The van der Waals surface area contributed by atoms with Crippen LogP contribution in [0.25, 0.3) is 105 Å². The molecule has 64 heavy (non-hydrogen) atoms. The maximum absolute atomic E-state index is 5.31. The number of nitrogens with zero attached hydrogens (tertiary/aromatic N) is 3. The van der Waals surface area contributed by atoms with Crippen LogP contribution in [0.4, 0.5) is 0 Å². The highest BCUT2D eigenvalue weighted by atomic mass is 15.0. The molecule has 0 radical (unpaired) electrons. The lowest BCUT2D eigenvalue weighted by molar-refractivity contribution is 0.748. The average molecular weight is 812 g/mol. The van der Waals surface area contributed by atoms with Crippen LogP contribution in [0.2, 0.25) is 0 Å². The van der Waals surface area contributed by atoms with E-state index >= 15 is 0 Å². The Morgan fingerprint density at radius 1 is 0.328 bits per heavy atom. The van der Waals surface area contributed by atoms with Gasteiger partial charge < -0.3 is 4.57 Å². The van der Waals surface area contributed by atoms with E-state index in [-0.39, 0.29) is 0 Å². The van der Waals surface area contributed by atoms with E-state index in [9.17, 15) is 0 Å². The smallest absolute Gasteiger partial charge is 0.160 e. The molecule has 3 heterocycles. The van der Waals surface area contributed by atoms with Crippen molar-refractivity contribution in [3.05, 3.63) is 247 Å². The summed E-state index contributed by atoms with van der Waals surface area (Å²) in [6.07, 6.45) is 0. The van der Waals surface area contributed by atoms with Gasteiger partial charge >= 0.3 is 0 Å². The maximum atomic E-state index is 5.31. The molecule has 1 aliphatic heterocycles. The Balaban J connectivity index is 1.05. The van der Waals surface area contributed by atoms with Crippen LogP contribution in [0.1, 0.15) is 22.3 Å². The van der Waals surface area contributed by atoms with E-state index in [1.807, 2.05) is 6.07 Å². The van der Waals surface area contributed by atoms with E-state index in [4.69, 9.17) is 9.97 Å². The van der Waals surface area contributed by atoms with Crippen LogP contribution in [0, 0.1) is 0 Å². The number of hydrogen-bond acceptors (Lipinski definition) is 2. The molecule has 0 N–H and O–H groups in total. The molecular weight excluding hydrogens is 775 g/mol. The van der Waals surface area contributed by atoms with Gasteiger partial charge in [-0.05, 0) is 115 Å². The van der Waals surface area contributed by atoms with Gasteiger partial charge in [0, 0.05) is 27.5 Å². The van der Waals surface area contributed by atoms with Crippen molar-refractivity contribution in [1.29, 1.82) is 0 Å². The van der Waals surface area contributed by atoms with Gasteiger partial charge in [0.05, 0.1) is 33.5 Å². The monoisotopic (exact) mass is 811 g/mol. The lowest BCUT2D eigenvalue weighted by Crippen LogP contribution is -2.33. The second-order valence-electron chi connectivity index (χ2n) is 17.3. The highest BCUT2D eigenvalue weighted by Crippen LogP contribution is 2.61. The van der Waals surface area contributed by atoms with Crippen molar-refractivity contribution in [2.24, 2.45) is 0 Å². The molecule has 3 nitrogen and oxygen atoms in total. The molecule has 10 aromatic carbocycles.